The average molecular weight is 281 g/mol. The standard InChI is InChI=1S/C11H11N3O6/c15-4-3-12-10(16)6-13-8-5-7(14(18)19)1-2-9(8)20-11(13)17/h1-2,5,15H,3-4,6H2,(H,12,16). The molecular weight excluding hydrogens is 270 g/mol. The van der Waals surface area contributed by atoms with E-state index in [2.05, 4.69) is 5.32 Å². The Kier molecular flexibility index (Phi) is 3.80. The second-order valence-electron chi connectivity index (χ2n) is 3.94. The number of oxazole rings is 1. The fourth-order valence-electron chi connectivity index (χ4n) is 1.71. The second-order valence-corrected chi connectivity index (χ2v) is 3.94. The quantitative estimate of drug-likeness (QED) is 0.567. The summed E-state index contributed by atoms with van der Waals surface area (Å²) in [6.45, 7) is -0.505. The van der Waals surface area contributed by atoms with Crippen LogP contribution in [0.1, 0.15) is 0 Å². The summed E-state index contributed by atoms with van der Waals surface area (Å²) in [5.74, 6) is -1.28. The molecule has 2 N–H and O–H groups in total. The van der Waals surface area contributed by atoms with Crippen molar-refractivity contribution in [1.29, 1.82) is 0 Å². The van der Waals surface area contributed by atoms with Gasteiger partial charge in [0.25, 0.3) is 5.69 Å². The van der Waals surface area contributed by atoms with Crippen LogP contribution < -0.4 is 11.1 Å². The van der Waals surface area contributed by atoms with Crippen molar-refractivity contribution in [3.8, 4) is 0 Å². The third-order valence-corrected chi connectivity index (χ3v) is 2.60. The number of nitro groups is 1. The number of carbonyl (C=O) groups excluding carboxylic acids is 1. The summed E-state index contributed by atoms with van der Waals surface area (Å²) in [5, 5.41) is 21.7. The summed E-state index contributed by atoms with van der Waals surface area (Å²) in [6, 6.07) is 3.68. The number of aliphatic hydroxyl groups is 1. The molecule has 1 aromatic carbocycles. The monoisotopic (exact) mass is 281 g/mol. The molecule has 0 radical (unpaired) electrons. The minimum absolute atomic E-state index is 0.0590. The zero-order valence-electron chi connectivity index (χ0n) is 10.2. The topological polar surface area (TPSA) is 128 Å². The predicted octanol–water partition coefficient (Wildman–Crippen LogP) is -0.389. The molecule has 0 fully saturated rings. The number of benzene rings is 1. The Morgan fingerprint density at radius 2 is 2.25 bits per heavy atom. The maximum atomic E-state index is 11.6. The van der Waals surface area contributed by atoms with Gasteiger partial charge in [-0.3, -0.25) is 19.5 Å². The molecule has 1 amide bonds. The van der Waals surface area contributed by atoms with Gasteiger partial charge in [-0.05, 0) is 6.07 Å². The van der Waals surface area contributed by atoms with E-state index in [1.807, 2.05) is 0 Å². The normalized spacial score (nSPS) is 10.7. The van der Waals surface area contributed by atoms with E-state index in [0.29, 0.717) is 0 Å². The van der Waals surface area contributed by atoms with Crippen LogP contribution in [-0.4, -0.2) is 33.7 Å². The number of aliphatic hydroxyl groups excluding tert-OH is 1. The second kappa shape index (κ2) is 5.53. The lowest BCUT2D eigenvalue weighted by atomic mass is 10.3. The van der Waals surface area contributed by atoms with Crippen LogP contribution in [0.15, 0.2) is 27.4 Å². The Morgan fingerprint density at radius 1 is 1.50 bits per heavy atom. The van der Waals surface area contributed by atoms with E-state index in [9.17, 15) is 19.7 Å². The van der Waals surface area contributed by atoms with Crippen LogP contribution in [0.2, 0.25) is 0 Å². The average Bonchev–Trinajstić information content (AvgIpc) is 2.72. The number of nitrogens with one attached hydrogen (secondary N) is 1. The molecule has 0 saturated heterocycles. The number of hydrogen-bond donors (Lipinski definition) is 2. The van der Waals surface area contributed by atoms with Crippen LogP contribution >= 0.6 is 0 Å². The van der Waals surface area contributed by atoms with Crippen LogP contribution in [0.25, 0.3) is 11.1 Å². The van der Waals surface area contributed by atoms with Crippen LogP contribution in [-0.2, 0) is 11.3 Å². The van der Waals surface area contributed by atoms with Crippen LogP contribution in [0.5, 0.6) is 0 Å². The number of rotatable bonds is 5. The van der Waals surface area contributed by atoms with Crippen molar-refractivity contribution >= 4 is 22.7 Å². The highest BCUT2D eigenvalue weighted by atomic mass is 16.6. The van der Waals surface area contributed by atoms with E-state index in [1.165, 1.54) is 18.2 Å². The zero-order valence-corrected chi connectivity index (χ0v) is 10.2. The fourth-order valence-corrected chi connectivity index (χ4v) is 1.71. The number of nitrogens with zero attached hydrogens (tertiary/aromatic N) is 2. The van der Waals surface area contributed by atoms with E-state index in [-0.39, 0.29) is 36.5 Å². The van der Waals surface area contributed by atoms with Gasteiger partial charge < -0.3 is 14.8 Å². The summed E-state index contributed by atoms with van der Waals surface area (Å²) in [6.07, 6.45) is 0. The molecule has 9 heteroatoms. The molecule has 9 nitrogen and oxygen atoms in total. The number of hydrogen-bond acceptors (Lipinski definition) is 6. The number of amides is 1. The predicted molar refractivity (Wildman–Crippen MR) is 67.2 cm³/mol. The molecule has 0 bridgehead atoms. The Hall–Kier alpha value is -2.68. The lowest BCUT2D eigenvalue weighted by molar-refractivity contribution is -0.384. The molecule has 0 unspecified atom stereocenters. The minimum Gasteiger partial charge on any atom is -0.408 e. The Bertz CT molecular complexity index is 717. The smallest absolute Gasteiger partial charge is 0.408 e. The first kappa shape index (κ1) is 13.7. The highest BCUT2D eigenvalue weighted by Gasteiger charge is 2.16. The molecule has 1 aromatic heterocycles. The molecule has 0 spiro atoms. The van der Waals surface area contributed by atoms with Crippen LogP contribution in [0.4, 0.5) is 5.69 Å². The molecule has 0 saturated carbocycles. The first-order valence-corrected chi connectivity index (χ1v) is 5.68. The zero-order chi connectivity index (χ0) is 14.7. The van der Waals surface area contributed by atoms with Gasteiger partial charge in [0.2, 0.25) is 5.91 Å². The van der Waals surface area contributed by atoms with E-state index in [4.69, 9.17) is 9.52 Å². The molecule has 1 heterocycles. The minimum atomic E-state index is -0.778. The van der Waals surface area contributed by atoms with Crippen molar-refractivity contribution in [1.82, 2.24) is 9.88 Å². The molecule has 20 heavy (non-hydrogen) atoms. The number of fused-ring (bicyclic) bond motifs is 1. The molecule has 0 aliphatic rings. The number of aromatic nitrogens is 1. The Balaban J connectivity index is 2.38. The van der Waals surface area contributed by atoms with Gasteiger partial charge >= 0.3 is 5.76 Å². The summed E-state index contributed by atoms with van der Waals surface area (Å²) in [4.78, 5) is 33.3. The largest absolute Gasteiger partial charge is 0.420 e. The van der Waals surface area contributed by atoms with E-state index >= 15 is 0 Å². The van der Waals surface area contributed by atoms with Crippen LogP contribution in [0, 0.1) is 10.1 Å². The first-order valence-electron chi connectivity index (χ1n) is 5.68. The molecule has 106 valence electrons. The summed E-state index contributed by atoms with van der Waals surface area (Å²) in [7, 11) is 0. The molecule has 0 atom stereocenters. The Labute approximate surface area is 111 Å². The molecule has 2 rings (SSSR count). The number of nitro benzene ring substituents is 1. The number of carbonyl (C=O) groups is 1. The Morgan fingerprint density at radius 3 is 2.90 bits per heavy atom. The van der Waals surface area contributed by atoms with Gasteiger partial charge in [-0.2, -0.15) is 0 Å². The fraction of sp³-hybridized carbons (Fsp3) is 0.273. The SMILES string of the molecule is O=C(Cn1c(=O)oc2ccc([N+](=O)[O-])cc21)NCCO. The van der Waals surface area contributed by atoms with E-state index < -0.39 is 16.6 Å². The maximum absolute atomic E-state index is 11.6. The van der Waals surface area contributed by atoms with E-state index in [1.54, 1.807) is 0 Å². The lowest BCUT2D eigenvalue weighted by Crippen LogP contribution is -2.32. The van der Waals surface area contributed by atoms with Gasteiger partial charge in [0, 0.05) is 18.7 Å². The molecule has 0 aliphatic heterocycles. The maximum Gasteiger partial charge on any atom is 0.420 e. The highest BCUT2D eigenvalue weighted by Crippen LogP contribution is 2.19. The summed E-state index contributed by atoms with van der Waals surface area (Å²) in [5.41, 5.74) is 0.127. The third kappa shape index (κ3) is 2.67. The van der Waals surface area contributed by atoms with Gasteiger partial charge in [-0.25, -0.2) is 4.79 Å². The van der Waals surface area contributed by atoms with E-state index in [0.717, 1.165) is 4.57 Å². The summed E-state index contributed by atoms with van der Waals surface area (Å²) < 4.78 is 5.89. The lowest BCUT2D eigenvalue weighted by Gasteiger charge is -2.03. The highest BCUT2D eigenvalue weighted by molar-refractivity contribution is 5.80. The van der Waals surface area contributed by atoms with Gasteiger partial charge in [0.1, 0.15) is 6.54 Å². The first-order chi connectivity index (χ1) is 9.52. The van der Waals surface area contributed by atoms with Gasteiger partial charge in [-0.15, -0.1) is 0 Å². The molecule has 2 aromatic rings. The number of non-ortho nitro benzene ring substituents is 1. The molecule has 0 aliphatic carbocycles. The van der Waals surface area contributed by atoms with Gasteiger partial charge in [0.15, 0.2) is 5.58 Å². The summed E-state index contributed by atoms with van der Waals surface area (Å²) >= 11 is 0. The van der Waals surface area contributed by atoms with Crippen molar-refractivity contribution < 1.29 is 19.2 Å². The van der Waals surface area contributed by atoms with Crippen molar-refractivity contribution in [3.05, 3.63) is 38.9 Å². The van der Waals surface area contributed by atoms with Crippen molar-refractivity contribution in [3.63, 3.8) is 0 Å². The van der Waals surface area contributed by atoms with Gasteiger partial charge in [-0.1, -0.05) is 0 Å². The molecular formula is C11H11N3O6. The van der Waals surface area contributed by atoms with Crippen molar-refractivity contribution in [2.45, 2.75) is 6.54 Å². The van der Waals surface area contributed by atoms with Crippen LogP contribution in [0.3, 0.4) is 0 Å². The van der Waals surface area contributed by atoms with Crippen molar-refractivity contribution in [2.75, 3.05) is 13.2 Å². The third-order valence-electron chi connectivity index (χ3n) is 2.60. The van der Waals surface area contributed by atoms with Crippen molar-refractivity contribution in [2.24, 2.45) is 0 Å². The van der Waals surface area contributed by atoms with Gasteiger partial charge in [0.05, 0.1) is 17.0 Å².